The smallest absolute Gasteiger partial charge is 0.255 e. The first-order valence-corrected chi connectivity index (χ1v) is 23.6. The molecular weight excluding hydrogens is 883 g/mol. The summed E-state index contributed by atoms with van der Waals surface area (Å²) in [5, 5.41) is 21.7. The molecule has 5 aromatic rings. The lowest BCUT2D eigenvalue weighted by Gasteiger charge is -2.61. The summed E-state index contributed by atoms with van der Waals surface area (Å²) in [7, 11) is 0. The molecule has 19 heteroatoms. The predicted octanol–water partition coefficient (Wildman–Crippen LogP) is 4.85. The van der Waals surface area contributed by atoms with Crippen LogP contribution in [0.2, 0.25) is 0 Å². The Labute approximate surface area is 388 Å². The van der Waals surface area contributed by atoms with Crippen molar-refractivity contribution in [2.24, 2.45) is 5.41 Å². The van der Waals surface area contributed by atoms with E-state index in [9.17, 15) is 29.1 Å². The van der Waals surface area contributed by atoms with E-state index in [0.29, 0.717) is 73.2 Å². The number of hydrogen-bond donors (Lipinski definition) is 4. The highest BCUT2D eigenvalue weighted by atomic mass is 32.1. The lowest BCUT2D eigenvalue weighted by molar-refractivity contribution is -0.151. The highest BCUT2D eigenvalue weighted by Gasteiger charge is 2.54. The van der Waals surface area contributed by atoms with Crippen molar-refractivity contribution in [1.29, 1.82) is 0 Å². The number of amides is 5. The first-order valence-electron chi connectivity index (χ1n) is 22.7. The molecule has 4 saturated heterocycles. The Bertz CT molecular complexity index is 2810. The van der Waals surface area contributed by atoms with Gasteiger partial charge in [-0.15, -0.1) is 11.3 Å². The number of halogens is 2. The highest BCUT2D eigenvalue weighted by Crippen LogP contribution is 2.44. The van der Waals surface area contributed by atoms with Gasteiger partial charge in [0.1, 0.15) is 17.7 Å². The topological polar surface area (TPSA) is 185 Å². The fraction of sp³-hybridized carbons (Fsp3) is 0.396. The summed E-state index contributed by atoms with van der Waals surface area (Å²) in [4.78, 5) is 81.0. The van der Waals surface area contributed by atoms with E-state index in [1.165, 1.54) is 28.4 Å². The summed E-state index contributed by atoms with van der Waals surface area (Å²) in [5.74, 6) is -2.73. The second-order valence-corrected chi connectivity index (χ2v) is 19.8. The van der Waals surface area contributed by atoms with Crippen LogP contribution in [0.25, 0.3) is 11.1 Å². The number of aliphatic hydroxyl groups is 1. The van der Waals surface area contributed by atoms with Crippen molar-refractivity contribution in [1.82, 2.24) is 29.7 Å². The van der Waals surface area contributed by atoms with Gasteiger partial charge in [-0.25, -0.2) is 18.7 Å². The molecule has 3 aromatic carbocycles. The number of aromatic nitrogens is 3. The molecule has 0 radical (unpaired) electrons. The second-order valence-electron chi connectivity index (χ2n) is 18.9. The number of rotatable bonds is 11. The number of carbonyl (C=O) groups excluding carboxylic acids is 5. The van der Waals surface area contributed by atoms with Crippen molar-refractivity contribution in [3.63, 3.8) is 0 Å². The van der Waals surface area contributed by atoms with Crippen molar-refractivity contribution in [3.05, 3.63) is 107 Å². The molecule has 2 atom stereocenters. The van der Waals surface area contributed by atoms with E-state index in [2.05, 4.69) is 30.8 Å². The number of nitrogens with zero attached hydrogens (tertiary/aromatic N) is 7. The number of anilines is 4. The zero-order valence-corrected chi connectivity index (χ0v) is 37.3. The Balaban J connectivity index is 0.675. The molecule has 1 spiro atoms. The molecular formula is C48H48F2N10O6S. The Morgan fingerprint density at radius 3 is 2.43 bits per heavy atom. The fourth-order valence-corrected chi connectivity index (χ4v) is 11.3. The van der Waals surface area contributed by atoms with Crippen LogP contribution in [0.4, 0.5) is 31.0 Å². The largest absolute Gasteiger partial charge is 0.389 e. The number of likely N-dealkylation sites (tertiary alicyclic amines) is 1. The molecule has 346 valence electrons. The van der Waals surface area contributed by atoms with E-state index < -0.39 is 47.0 Å². The number of thiazole rings is 1. The van der Waals surface area contributed by atoms with E-state index in [1.807, 2.05) is 33.7 Å². The van der Waals surface area contributed by atoms with Crippen LogP contribution in [0, 0.1) is 17.0 Å². The van der Waals surface area contributed by atoms with Crippen LogP contribution in [0.15, 0.2) is 72.5 Å². The van der Waals surface area contributed by atoms with E-state index >= 15 is 8.78 Å². The van der Waals surface area contributed by atoms with Crippen LogP contribution in [-0.2, 0) is 38.7 Å². The maximum atomic E-state index is 15.9. The van der Waals surface area contributed by atoms with Crippen molar-refractivity contribution >= 4 is 63.1 Å². The number of fused-ring (bicyclic) bond motifs is 2. The average Bonchev–Trinajstić information content (AvgIpc) is 4.10. The van der Waals surface area contributed by atoms with E-state index in [0.717, 1.165) is 49.4 Å². The van der Waals surface area contributed by atoms with Crippen molar-refractivity contribution in [2.45, 2.75) is 75.7 Å². The van der Waals surface area contributed by atoms with Crippen molar-refractivity contribution < 1.29 is 37.9 Å². The van der Waals surface area contributed by atoms with E-state index in [4.69, 9.17) is 0 Å². The molecule has 4 fully saturated rings. The third kappa shape index (κ3) is 7.96. The number of imidazole rings is 1. The Morgan fingerprint density at radius 1 is 0.910 bits per heavy atom. The van der Waals surface area contributed by atoms with Gasteiger partial charge < -0.3 is 34.6 Å². The Morgan fingerprint density at radius 2 is 1.70 bits per heavy atom. The van der Waals surface area contributed by atoms with E-state index in [-0.39, 0.29) is 47.7 Å². The van der Waals surface area contributed by atoms with Gasteiger partial charge in [0.2, 0.25) is 17.7 Å². The van der Waals surface area contributed by atoms with Gasteiger partial charge in [0, 0.05) is 97.4 Å². The third-order valence-electron chi connectivity index (χ3n) is 14.4. The molecule has 16 nitrogen and oxygen atoms in total. The predicted molar refractivity (Wildman–Crippen MR) is 244 cm³/mol. The minimum Gasteiger partial charge on any atom is -0.389 e. The van der Waals surface area contributed by atoms with Gasteiger partial charge in [-0.1, -0.05) is 12.1 Å². The maximum absolute atomic E-state index is 15.9. The molecule has 11 rings (SSSR count). The summed E-state index contributed by atoms with van der Waals surface area (Å²) >= 11 is 1.27. The minimum atomic E-state index is -1.19. The number of imide groups is 1. The molecule has 67 heavy (non-hydrogen) atoms. The SMILES string of the molecule is O=C1CC[C@@H](Nc2ccc(N3CCC(O)(CC(=O)N4CC5(C4)CN(c4ccc(-c6cc(F)c7c(c6)C(=O)N(C(C(=O)Nc6nccs6)c6ncn8c6CCC8)C7)cc4)C5)CC3)c(F)c2)C(=O)N1. The maximum Gasteiger partial charge on any atom is 0.255 e. The molecule has 6 aliphatic rings. The quantitative estimate of drug-likeness (QED) is 0.133. The molecule has 0 bridgehead atoms. The first kappa shape index (κ1) is 42.9. The second kappa shape index (κ2) is 16.6. The zero-order chi connectivity index (χ0) is 46.2. The fourth-order valence-electron chi connectivity index (χ4n) is 10.7. The van der Waals surface area contributed by atoms with Gasteiger partial charge >= 0.3 is 0 Å². The van der Waals surface area contributed by atoms with Gasteiger partial charge in [0.15, 0.2) is 11.2 Å². The highest BCUT2D eigenvalue weighted by molar-refractivity contribution is 7.13. The molecule has 0 aliphatic carbocycles. The van der Waals surface area contributed by atoms with Gasteiger partial charge in [-0.3, -0.25) is 34.6 Å². The van der Waals surface area contributed by atoms with Gasteiger partial charge in [0.25, 0.3) is 11.8 Å². The number of piperidine rings is 2. The molecule has 0 saturated carbocycles. The van der Waals surface area contributed by atoms with Gasteiger partial charge in [-0.2, -0.15) is 0 Å². The summed E-state index contributed by atoms with van der Waals surface area (Å²) in [6, 6.07) is 13.9. The summed E-state index contributed by atoms with van der Waals surface area (Å²) < 4.78 is 33.2. The van der Waals surface area contributed by atoms with Crippen LogP contribution in [-0.4, -0.2) is 110 Å². The zero-order valence-electron chi connectivity index (χ0n) is 36.5. The van der Waals surface area contributed by atoms with Crippen LogP contribution in [0.1, 0.15) is 71.9 Å². The monoisotopic (exact) mass is 930 g/mol. The Kier molecular flexibility index (Phi) is 10.6. The molecule has 1 unspecified atom stereocenters. The lowest BCUT2D eigenvalue weighted by atomic mass is 9.72. The number of carbonyl (C=O) groups is 5. The number of benzene rings is 3. The Hall–Kier alpha value is -6.73. The van der Waals surface area contributed by atoms with Gasteiger partial charge in [-0.05, 0) is 85.7 Å². The standard InChI is InChI=1S/C48H48F2N10O6S/c49-34-19-29(18-32-33(34)22-60(45(32)65)42(44(64)55-46-51-13-17-67-46)41-38-2-1-14-57(38)27-52-41)28-3-6-31(7-4-28)58-23-47(24-58)25-59(26-47)40(62)21-48(66)11-15-56(16-12-48)37-9-5-30(20-35(37)50)53-36-8-10-39(61)54-43(36)63/h3-7,9,13,17-20,27,36,42,53,66H,1-2,8,10-12,14-16,21-26H2,(H,51,55,64)(H,54,61,63)/t36-,42?/m1/s1. The van der Waals surface area contributed by atoms with Crippen molar-refractivity contribution in [2.75, 3.05) is 59.7 Å². The molecule has 2 aromatic heterocycles. The third-order valence-corrected chi connectivity index (χ3v) is 15.0. The lowest BCUT2D eigenvalue weighted by Crippen LogP contribution is -2.73. The molecule has 6 aliphatic heterocycles. The normalized spacial score (nSPS) is 20.8. The molecule has 5 amide bonds. The first-order chi connectivity index (χ1) is 32.3. The number of hydrogen-bond acceptors (Lipinski definition) is 12. The average molecular weight is 931 g/mol. The van der Waals surface area contributed by atoms with Crippen molar-refractivity contribution in [3.8, 4) is 11.1 Å². The van der Waals surface area contributed by atoms with Gasteiger partial charge in [0.05, 0.1) is 36.3 Å². The number of aryl methyl sites for hydroxylation is 1. The van der Waals surface area contributed by atoms with Crippen LogP contribution >= 0.6 is 11.3 Å². The van der Waals surface area contributed by atoms with Crippen LogP contribution in [0.3, 0.4) is 0 Å². The summed E-state index contributed by atoms with van der Waals surface area (Å²) in [6.07, 6.45) is 6.08. The van der Waals surface area contributed by atoms with Crippen LogP contribution in [0.5, 0.6) is 0 Å². The molecule has 4 N–H and O–H groups in total. The van der Waals surface area contributed by atoms with E-state index in [1.54, 1.807) is 41.0 Å². The van der Waals surface area contributed by atoms with Crippen LogP contribution < -0.4 is 25.8 Å². The summed E-state index contributed by atoms with van der Waals surface area (Å²) in [6.45, 7) is 4.18. The molecule has 8 heterocycles. The summed E-state index contributed by atoms with van der Waals surface area (Å²) in [5.41, 5.74) is 3.72. The minimum absolute atomic E-state index is 0.00182. The number of nitrogens with one attached hydrogen (secondary N) is 3.